The Hall–Kier alpha value is -1.51. The molecule has 0 saturated carbocycles. The van der Waals surface area contributed by atoms with Crippen molar-refractivity contribution in [3.05, 3.63) is 35.4 Å². The molecule has 2 aliphatic heterocycles. The Balaban J connectivity index is 1.93. The number of amidine groups is 1. The molecule has 2 aliphatic rings. The summed E-state index contributed by atoms with van der Waals surface area (Å²) >= 11 is 0. The topological polar surface area (TPSA) is 24.8 Å². The number of benzene rings is 1. The zero-order chi connectivity index (χ0) is 12.5. The van der Waals surface area contributed by atoms with Gasteiger partial charge in [0.1, 0.15) is 6.10 Å². The fourth-order valence-electron chi connectivity index (χ4n) is 3.09. The molecule has 1 aromatic carbocycles. The lowest BCUT2D eigenvalue weighted by atomic mass is 9.94. The van der Waals surface area contributed by atoms with E-state index < -0.39 is 0 Å². The van der Waals surface area contributed by atoms with Gasteiger partial charge in [0.25, 0.3) is 6.02 Å². The summed E-state index contributed by atoms with van der Waals surface area (Å²) in [5, 5.41) is 0. The number of hydrogen-bond acceptors (Lipinski definition) is 2. The average Bonchev–Trinajstić information content (AvgIpc) is 2.77. The van der Waals surface area contributed by atoms with Gasteiger partial charge in [0.2, 0.25) is 0 Å². The van der Waals surface area contributed by atoms with Crippen molar-refractivity contribution in [2.24, 2.45) is 4.99 Å². The van der Waals surface area contributed by atoms with E-state index in [1.165, 1.54) is 30.4 Å². The van der Waals surface area contributed by atoms with Gasteiger partial charge < -0.3 is 9.64 Å². The summed E-state index contributed by atoms with van der Waals surface area (Å²) in [6.07, 6.45) is 3.91. The van der Waals surface area contributed by atoms with Crippen LogP contribution in [-0.2, 0) is 4.74 Å². The Morgan fingerprint density at radius 2 is 2.22 bits per heavy atom. The molecule has 2 fully saturated rings. The molecule has 0 aliphatic carbocycles. The van der Waals surface area contributed by atoms with Crippen LogP contribution in [0.25, 0.3) is 0 Å². The van der Waals surface area contributed by atoms with E-state index in [1.54, 1.807) is 0 Å². The summed E-state index contributed by atoms with van der Waals surface area (Å²) < 4.78 is 6.07. The number of nitrogens with zero attached hydrogens (tertiary/aromatic N) is 2. The zero-order valence-electron chi connectivity index (χ0n) is 11.1. The van der Waals surface area contributed by atoms with Gasteiger partial charge in [0.05, 0.1) is 6.04 Å². The van der Waals surface area contributed by atoms with Crippen molar-refractivity contribution in [2.45, 2.75) is 38.3 Å². The van der Waals surface area contributed by atoms with Gasteiger partial charge in [-0.25, -0.2) is 4.99 Å². The lowest BCUT2D eigenvalue weighted by Gasteiger charge is -2.30. The number of ether oxygens (including phenoxy) is 1. The van der Waals surface area contributed by atoms with Gasteiger partial charge in [-0.3, -0.25) is 0 Å². The van der Waals surface area contributed by atoms with Crippen LogP contribution < -0.4 is 0 Å². The first-order valence-electron chi connectivity index (χ1n) is 6.76. The van der Waals surface area contributed by atoms with Crippen LogP contribution in [0.3, 0.4) is 0 Å². The molecule has 3 rings (SSSR count). The number of hydrogen-bond donors (Lipinski definition) is 0. The van der Waals surface area contributed by atoms with Crippen LogP contribution in [0.5, 0.6) is 0 Å². The number of aryl methyl sites for hydroxylation is 1. The number of fused-ring (bicyclic) bond motifs is 1. The minimum Gasteiger partial charge on any atom is -0.455 e. The van der Waals surface area contributed by atoms with E-state index in [-0.39, 0.29) is 6.10 Å². The van der Waals surface area contributed by atoms with Gasteiger partial charge in [-0.2, -0.15) is 0 Å². The van der Waals surface area contributed by atoms with E-state index in [1.807, 2.05) is 7.05 Å². The van der Waals surface area contributed by atoms with Gasteiger partial charge in [0.15, 0.2) is 0 Å². The average molecular weight is 244 g/mol. The molecule has 96 valence electrons. The van der Waals surface area contributed by atoms with E-state index in [2.05, 4.69) is 41.1 Å². The van der Waals surface area contributed by atoms with Crippen LogP contribution in [-0.4, -0.2) is 30.6 Å². The van der Waals surface area contributed by atoms with Crippen LogP contribution in [0.2, 0.25) is 0 Å². The van der Waals surface area contributed by atoms with Crippen molar-refractivity contribution < 1.29 is 4.74 Å². The SMILES string of the molecule is CN=C1O[C@H](c2cccc(C)c2)[C@H]2CCCCN12. The highest BCUT2D eigenvalue weighted by Gasteiger charge is 2.41. The molecule has 2 atom stereocenters. The lowest BCUT2D eigenvalue weighted by molar-refractivity contribution is 0.168. The Kier molecular flexibility index (Phi) is 2.98. The van der Waals surface area contributed by atoms with Crippen molar-refractivity contribution in [3.63, 3.8) is 0 Å². The van der Waals surface area contributed by atoms with E-state index in [9.17, 15) is 0 Å². The molecule has 0 amide bonds. The molecular formula is C15H20N2O. The summed E-state index contributed by atoms with van der Waals surface area (Å²) in [4.78, 5) is 6.63. The first-order chi connectivity index (χ1) is 8.79. The maximum atomic E-state index is 6.07. The van der Waals surface area contributed by atoms with Crippen LogP contribution in [0.4, 0.5) is 0 Å². The van der Waals surface area contributed by atoms with Gasteiger partial charge in [0, 0.05) is 13.6 Å². The van der Waals surface area contributed by atoms with Crippen LogP contribution in [0.1, 0.15) is 36.5 Å². The molecule has 3 heteroatoms. The highest BCUT2D eigenvalue weighted by atomic mass is 16.5. The molecule has 0 aromatic heterocycles. The molecule has 0 radical (unpaired) electrons. The molecular weight excluding hydrogens is 224 g/mol. The summed E-state index contributed by atoms with van der Waals surface area (Å²) in [6, 6.07) is 9.94. The van der Waals surface area contributed by atoms with E-state index >= 15 is 0 Å². The molecule has 0 bridgehead atoms. The minimum absolute atomic E-state index is 0.156. The van der Waals surface area contributed by atoms with Crippen molar-refractivity contribution in [2.75, 3.05) is 13.6 Å². The Morgan fingerprint density at radius 1 is 1.33 bits per heavy atom. The molecule has 0 spiro atoms. The predicted octanol–water partition coefficient (Wildman–Crippen LogP) is 2.91. The van der Waals surface area contributed by atoms with E-state index in [0.717, 1.165) is 12.6 Å². The Morgan fingerprint density at radius 3 is 3.00 bits per heavy atom. The molecule has 0 N–H and O–H groups in total. The maximum Gasteiger partial charge on any atom is 0.288 e. The molecule has 18 heavy (non-hydrogen) atoms. The smallest absolute Gasteiger partial charge is 0.288 e. The first-order valence-corrected chi connectivity index (χ1v) is 6.76. The fraction of sp³-hybridized carbons (Fsp3) is 0.533. The second-order valence-corrected chi connectivity index (χ2v) is 5.22. The van der Waals surface area contributed by atoms with Gasteiger partial charge in [-0.05, 0) is 31.7 Å². The summed E-state index contributed by atoms with van der Waals surface area (Å²) in [5.74, 6) is 0. The quantitative estimate of drug-likeness (QED) is 0.759. The van der Waals surface area contributed by atoms with Crippen molar-refractivity contribution in [3.8, 4) is 0 Å². The number of piperidine rings is 1. The van der Waals surface area contributed by atoms with Crippen LogP contribution in [0, 0.1) is 6.92 Å². The Bertz CT molecular complexity index is 469. The third-order valence-corrected chi connectivity index (χ3v) is 3.94. The van der Waals surface area contributed by atoms with Gasteiger partial charge >= 0.3 is 0 Å². The molecule has 3 nitrogen and oxygen atoms in total. The highest BCUT2D eigenvalue weighted by molar-refractivity contribution is 5.76. The molecule has 2 saturated heterocycles. The number of rotatable bonds is 1. The van der Waals surface area contributed by atoms with E-state index in [0.29, 0.717) is 6.04 Å². The largest absolute Gasteiger partial charge is 0.455 e. The highest BCUT2D eigenvalue weighted by Crippen LogP contribution is 2.37. The lowest BCUT2D eigenvalue weighted by Crippen LogP contribution is -2.38. The fourth-order valence-corrected chi connectivity index (χ4v) is 3.09. The monoisotopic (exact) mass is 244 g/mol. The predicted molar refractivity (Wildman–Crippen MR) is 72.7 cm³/mol. The summed E-state index contributed by atoms with van der Waals surface area (Å²) in [5.41, 5.74) is 2.57. The molecule has 0 unspecified atom stereocenters. The van der Waals surface area contributed by atoms with Crippen molar-refractivity contribution in [1.82, 2.24) is 4.90 Å². The minimum atomic E-state index is 0.156. The second-order valence-electron chi connectivity index (χ2n) is 5.22. The maximum absolute atomic E-state index is 6.07. The Labute approximate surface area is 108 Å². The summed E-state index contributed by atoms with van der Waals surface area (Å²) in [6.45, 7) is 3.21. The molecule has 1 aromatic rings. The van der Waals surface area contributed by atoms with Crippen molar-refractivity contribution in [1.29, 1.82) is 0 Å². The van der Waals surface area contributed by atoms with Crippen LogP contribution >= 0.6 is 0 Å². The van der Waals surface area contributed by atoms with E-state index in [4.69, 9.17) is 4.74 Å². The number of aliphatic imine (C=N–C) groups is 1. The third-order valence-electron chi connectivity index (χ3n) is 3.94. The first kappa shape index (κ1) is 11.6. The standard InChI is InChI=1S/C15H20N2O/c1-11-6-5-7-12(10-11)14-13-8-3-4-9-17(13)15(16-2)18-14/h5-7,10,13-14H,3-4,8-9H2,1-2H3/t13-,14-/m1/s1. The van der Waals surface area contributed by atoms with Gasteiger partial charge in [-0.1, -0.05) is 29.8 Å². The zero-order valence-corrected chi connectivity index (χ0v) is 11.1. The van der Waals surface area contributed by atoms with Crippen molar-refractivity contribution >= 4 is 6.02 Å². The van der Waals surface area contributed by atoms with Crippen LogP contribution in [0.15, 0.2) is 29.3 Å². The normalized spacial score (nSPS) is 29.2. The van der Waals surface area contributed by atoms with Gasteiger partial charge in [-0.15, -0.1) is 0 Å². The summed E-state index contributed by atoms with van der Waals surface area (Å²) in [7, 11) is 1.82. The molecule has 2 heterocycles. The third kappa shape index (κ3) is 1.88. The second kappa shape index (κ2) is 4.63.